The lowest BCUT2D eigenvalue weighted by Crippen LogP contribution is -2.22. The molecule has 2 aromatic carbocycles. The van der Waals surface area contributed by atoms with Gasteiger partial charge in [-0.3, -0.25) is 9.59 Å². The summed E-state index contributed by atoms with van der Waals surface area (Å²) in [6, 6.07) is 10.7. The maximum atomic E-state index is 11.9. The Morgan fingerprint density at radius 3 is 2.27 bits per heavy atom. The van der Waals surface area contributed by atoms with Crippen molar-refractivity contribution in [2.75, 3.05) is 31.8 Å². The lowest BCUT2D eigenvalue weighted by Gasteiger charge is -2.11. The number of hydrogen-bond acceptors (Lipinski definition) is 5. The maximum absolute atomic E-state index is 11.9. The lowest BCUT2D eigenvalue weighted by molar-refractivity contribution is -0.119. The maximum Gasteiger partial charge on any atom is 0.338 e. The molecule has 0 bridgehead atoms. The van der Waals surface area contributed by atoms with Crippen molar-refractivity contribution in [2.45, 2.75) is 0 Å². The molecule has 136 valence electrons. The molecule has 2 aromatic rings. The van der Waals surface area contributed by atoms with Gasteiger partial charge < -0.3 is 20.7 Å². The van der Waals surface area contributed by atoms with Crippen LogP contribution in [0.2, 0.25) is 5.02 Å². The molecule has 3 N–H and O–H groups in total. The number of carbonyl (C=O) groups is 3. The van der Waals surface area contributed by atoms with Gasteiger partial charge in [0.15, 0.2) is 6.61 Å². The molecular formula is C18H18ClN3O4. The number of ether oxygens (including phenoxy) is 1. The summed E-state index contributed by atoms with van der Waals surface area (Å²) in [5.74, 6) is -1.33. The zero-order valence-corrected chi connectivity index (χ0v) is 15.0. The summed E-state index contributed by atoms with van der Waals surface area (Å²) in [6.45, 7) is -0.459. The monoisotopic (exact) mass is 375 g/mol. The van der Waals surface area contributed by atoms with Crippen LogP contribution in [0.3, 0.4) is 0 Å². The Morgan fingerprint density at radius 1 is 1.08 bits per heavy atom. The van der Waals surface area contributed by atoms with Crippen molar-refractivity contribution in [3.63, 3.8) is 0 Å². The SMILES string of the molecule is CN(C)C(=O)c1ccc(NC(=O)COC(=O)c2ccc(Cl)c(N)c2)cc1. The van der Waals surface area contributed by atoms with Gasteiger partial charge in [-0.2, -0.15) is 0 Å². The van der Waals surface area contributed by atoms with Crippen LogP contribution in [0.4, 0.5) is 11.4 Å². The molecule has 0 aliphatic rings. The van der Waals surface area contributed by atoms with Gasteiger partial charge in [-0.25, -0.2) is 4.79 Å². The quantitative estimate of drug-likeness (QED) is 0.617. The minimum atomic E-state index is -0.685. The topological polar surface area (TPSA) is 102 Å². The summed E-state index contributed by atoms with van der Waals surface area (Å²) < 4.78 is 4.94. The Labute approximate surface area is 155 Å². The number of anilines is 2. The van der Waals surface area contributed by atoms with Crippen LogP contribution in [-0.4, -0.2) is 43.4 Å². The fourth-order valence-corrected chi connectivity index (χ4v) is 2.15. The number of halogens is 1. The van der Waals surface area contributed by atoms with Crippen molar-refractivity contribution in [1.29, 1.82) is 0 Å². The summed E-state index contributed by atoms with van der Waals surface area (Å²) in [6.07, 6.45) is 0. The summed E-state index contributed by atoms with van der Waals surface area (Å²) in [4.78, 5) is 37.0. The largest absolute Gasteiger partial charge is 0.452 e. The number of nitrogen functional groups attached to an aromatic ring is 1. The van der Waals surface area contributed by atoms with Gasteiger partial charge in [-0.15, -0.1) is 0 Å². The molecule has 0 aliphatic heterocycles. The number of rotatable bonds is 5. The molecule has 7 nitrogen and oxygen atoms in total. The number of amides is 2. The van der Waals surface area contributed by atoms with E-state index in [0.717, 1.165) is 0 Å². The van der Waals surface area contributed by atoms with Crippen LogP contribution in [-0.2, 0) is 9.53 Å². The van der Waals surface area contributed by atoms with E-state index in [2.05, 4.69) is 5.32 Å². The molecule has 8 heteroatoms. The van der Waals surface area contributed by atoms with E-state index in [1.807, 2.05) is 0 Å². The normalized spacial score (nSPS) is 10.1. The van der Waals surface area contributed by atoms with E-state index >= 15 is 0 Å². The second-order valence-electron chi connectivity index (χ2n) is 5.64. The number of hydrogen-bond donors (Lipinski definition) is 2. The van der Waals surface area contributed by atoms with Crippen LogP contribution >= 0.6 is 11.6 Å². The first-order chi connectivity index (χ1) is 12.3. The Balaban J connectivity index is 1.89. The smallest absolute Gasteiger partial charge is 0.338 e. The number of nitrogens with one attached hydrogen (secondary N) is 1. The molecule has 2 amide bonds. The van der Waals surface area contributed by atoms with Crippen molar-refractivity contribution in [3.8, 4) is 0 Å². The first-order valence-electron chi connectivity index (χ1n) is 7.61. The van der Waals surface area contributed by atoms with Gasteiger partial charge in [-0.1, -0.05) is 11.6 Å². The number of benzene rings is 2. The van der Waals surface area contributed by atoms with Gasteiger partial charge in [0.25, 0.3) is 11.8 Å². The average molecular weight is 376 g/mol. The number of esters is 1. The van der Waals surface area contributed by atoms with Gasteiger partial charge in [-0.05, 0) is 42.5 Å². The highest BCUT2D eigenvalue weighted by molar-refractivity contribution is 6.33. The highest BCUT2D eigenvalue weighted by Gasteiger charge is 2.12. The van der Waals surface area contributed by atoms with Crippen LogP contribution < -0.4 is 11.1 Å². The lowest BCUT2D eigenvalue weighted by atomic mass is 10.2. The predicted octanol–water partition coefficient (Wildman–Crippen LogP) is 2.42. The van der Waals surface area contributed by atoms with Gasteiger partial charge in [0.05, 0.1) is 16.3 Å². The van der Waals surface area contributed by atoms with E-state index in [9.17, 15) is 14.4 Å². The molecule has 0 aliphatic carbocycles. The zero-order valence-electron chi connectivity index (χ0n) is 14.3. The second-order valence-corrected chi connectivity index (χ2v) is 6.04. The van der Waals surface area contributed by atoms with Crippen LogP contribution in [0.15, 0.2) is 42.5 Å². The Hall–Kier alpha value is -3.06. The van der Waals surface area contributed by atoms with E-state index in [4.69, 9.17) is 22.1 Å². The van der Waals surface area contributed by atoms with Gasteiger partial charge in [0.1, 0.15) is 0 Å². The molecule has 0 saturated heterocycles. The predicted molar refractivity (Wildman–Crippen MR) is 99.2 cm³/mol. The molecule has 26 heavy (non-hydrogen) atoms. The van der Waals surface area contributed by atoms with E-state index < -0.39 is 18.5 Å². The molecule has 0 saturated carbocycles. The standard InChI is InChI=1S/C18H18ClN3O4/c1-22(2)17(24)11-3-6-13(7-4-11)21-16(23)10-26-18(25)12-5-8-14(19)15(20)9-12/h3-9H,10,20H2,1-2H3,(H,21,23). The number of nitrogens with zero attached hydrogens (tertiary/aromatic N) is 1. The van der Waals surface area contributed by atoms with Crippen LogP contribution in [0.5, 0.6) is 0 Å². The zero-order chi connectivity index (χ0) is 19.3. The van der Waals surface area contributed by atoms with E-state index in [0.29, 0.717) is 16.3 Å². The summed E-state index contributed by atoms with van der Waals surface area (Å²) in [5.41, 5.74) is 7.05. The van der Waals surface area contributed by atoms with Crippen molar-refractivity contribution in [3.05, 3.63) is 58.6 Å². The van der Waals surface area contributed by atoms with Gasteiger partial charge in [0, 0.05) is 25.3 Å². The molecule has 2 rings (SSSR count). The molecular weight excluding hydrogens is 358 g/mol. The molecule has 0 atom stereocenters. The van der Waals surface area contributed by atoms with Crippen LogP contribution in [0.25, 0.3) is 0 Å². The summed E-state index contributed by atoms with van der Waals surface area (Å²) in [7, 11) is 3.31. The molecule has 0 radical (unpaired) electrons. The third-order valence-electron chi connectivity index (χ3n) is 3.39. The minimum Gasteiger partial charge on any atom is -0.452 e. The average Bonchev–Trinajstić information content (AvgIpc) is 2.62. The highest BCUT2D eigenvalue weighted by Crippen LogP contribution is 2.20. The fraction of sp³-hybridized carbons (Fsp3) is 0.167. The highest BCUT2D eigenvalue weighted by atomic mass is 35.5. The minimum absolute atomic E-state index is 0.140. The van der Waals surface area contributed by atoms with Crippen molar-refractivity contribution in [1.82, 2.24) is 4.90 Å². The second kappa shape index (κ2) is 8.35. The third-order valence-corrected chi connectivity index (χ3v) is 3.73. The fourth-order valence-electron chi connectivity index (χ4n) is 2.04. The Kier molecular flexibility index (Phi) is 6.19. The van der Waals surface area contributed by atoms with Crippen LogP contribution in [0.1, 0.15) is 20.7 Å². The van der Waals surface area contributed by atoms with Crippen molar-refractivity contribution >= 4 is 40.8 Å². The molecule has 0 unspecified atom stereocenters. The van der Waals surface area contributed by atoms with Gasteiger partial charge in [0.2, 0.25) is 0 Å². The van der Waals surface area contributed by atoms with E-state index in [-0.39, 0.29) is 17.2 Å². The van der Waals surface area contributed by atoms with Crippen LogP contribution in [0, 0.1) is 0 Å². The molecule has 0 spiro atoms. The Bertz CT molecular complexity index is 835. The van der Waals surface area contributed by atoms with Gasteiger partial charge >= 0.3 is 5.97 Å². The summed E-state index contributed by atoms with van der Waals surface area (Å²) >= 11 is 5.79. The first-order valence-corrected chi connectivity index (χ1v) is 7.99. The third kappa shape index (κ3) is 4.97. The first kappa shape index (κ1) is 19.3. The molecule has 0 heterocycles. The Morgan fingerprint density at radius 2 is 1.69 bits per heavy atom. The molecule has 0 fully saturated rings. The van der Waals surface area contributed by atoms with Crippen molar-refractivity contribution < 1.29 is 19.1 Å². The number of carbonyl (C=O) groups excluding carboxylic acids is 3. The number of nitrogens with two attached hydrogens (primary N) is 1. The van der Waals surface area contributed by atoms with E-state index in [1.54, 1.807) is 38.4 Å². The van der Waals surface area contributed by atoms with E-state index in [1.165, 1.54) is 23.1 Å². The van der Waals surface area contributed by atoms with Crippen molar-refractivity contribution in [2.24, 2.45) is 0 Å². The summed E-state index contributed by atoms with van der Waals surface area (Å²) in [5, 5.41) is 2.91. The molecule has 0 aromatic heterocycles.